The number of ether oxygens (including phenoxy) is 1. The summed E-state index contributed by atoms with van der Waals surface area (Å²) in [6.07, 6.45) is 4.58. The fraction of sp³-hybridized carbons (Fsp3) is 0.909. The molecule has 3 heteroatoms. The number of carbonyl (C=O) groups is 1. The van der Waals surface area contributed by atoms with Crippen LogP contribution in [0.5, 0.6) is 0 Å². The number of rotatable bonds is 2. The standard InChI is InChI=1S/C11H21NO2/c1-4-9-7-5-6-8(2)10(9)14-11(13)12-3/h8-10H,4-7H2,1-3H3,(H,12,13). The Morgan fingerprint density at radius 1 is 1.50 bits per heavy atom. The molecule has 1 fully saturated rings. The van der Waals surface area contributed by atoms with E-state index >= 15 is 0 Å². The Balaban J connectivity index is 2.54. The lowest BCUT2D eigenvalue weighted by molar-refractivity contribution is 0.00330. The zero-order valence-corrected chi connectivity index (χ0v) is 9.38. The highest BCUT2D eigenvalue weighted by Crippen LogP contribution is 2.33. The van der Waals surface area contributed by atoms with Crippen LogP contribution in [-0.4, -0.2) is 19.2 Å². The number of hydrogen-bond donors (Lipinski definition) is 1. The van der Waals surface area contributed by atoms with E-state index in [1.165, 1.54) is 19.3 Å². The number of alkyl carbamates (subject to hydrolysis) is 1. The van der Waals surface area contributed by atoms with Gasteiger partial charge in [0.05, 0.1) is 0 Å². The molecule has 14 heavy (non-hydrogen) atoms. The summed E-state index contributed by atoms with van der Waals surface area (Å²) >= 11 is 0. The van der Waals surface area contributed by atoms with Gasteiger partial charge in [-0.3, -0.25) is 0 Å². The van der Waals surface area contributed by atoms with Gasteiger partial charge < -0.3 is 10.1 Å². The molecule has 0 aromatic carbocycles. The van der Waals surface area contributed by atoms with Crippen molar-refractivity contribution in [2.24, 2.45) is 11.8 Å². The van der Waals surface area contributed by atoms with Gasteiger partial charge in [-0.25, -0.2) is 4.79 Å². The highest BCUT2D eigenvalue weighted by Gasteiger charge is 2.32. The molecule has 1 saturated carbocycles. The number of nitrogens with one attached hydrogen (secondary N) is 1. The minimum absolute atomic E-state index is 0.119. The van der Waals surface area contributed by atoms with Crippen LogP contribution in [-0.2, 0) is 4.74 Å². The third kappa shape index (κ3) is 2.63. The number of hydrogen-bond acceptors (Lipinski definition) is 2. The predicted molar refractivity (Wildman–Crippen MR) is 56.1 cm³/mol. The van der Waals surface area contributed by atoms with Crippen LogP contribution >= 0.6 is 0 Å². The van der Waals surface area contributed by atoms with Crippen LogP contribution in [0.15, 0.2) is 0 Å². The molecule has 1 aliphatic carbocycles. The van der Waals surface area contributed by atoms with Gasteiger partial charge in [-0.2, -0.15) is 0 Å². The molecule has 1 aliphatic rings. The second kappa shape index (κ2) is 5.23. The fourth-order valence-electron chi connectivity index (χ4n) is 2.33. The smallest absolute Gasteiger partial charge is 0.407 e. The predicted octanol–water partition coefficient (Wildman–Crippen LogP) is 2.56. The van der Waals surface area contributed by atoms with Crippen LogP contribution in [0.25, 0.3) is 0 Å². The first kappa shape index (κ1) is 11.3. The second-order valence-corrected chi connectivity index (χ2v) is 4.20. The molecule has 1 rings (SSSR count). The third-order valence-electron chi connectivity index (χ3n) is 3.23. The van der Waals surface area contributed by atoms with Crippen molar-refractivity contribution in [1.29, 1.82) is 0 Å². The van der Waals surface area contributed by atoms with Crippen LogP contribution in [0.3, 0.4) is 0 Å². The molecule has 0 heterocycles. The zero-order valence-electron chi connectivity index (χ0n) is 9.38. The molecule has 3 nitrogen and oxygen atoms in total. The summed E-state index contributed by atoms with van der Waals surface area (Å²) < 4.78 is 5.41. The summed E-state index contributed by atoms with van der Waals surface area (Å²) in [5.74, 6) is 1.06. The van der Waals surface area contributed by atoms with Crippen LogP contribution in [0.1, 0.15) is 39.5 Å². The molecule has 0 aliphatic heterocycles. The highest BCUT2D eigenvalue weighted by atomic mass is 16.6. The molecule has 0 saturated heterocycles. The Bertz CT molecular complexity index is 194. The summed E-state index contributed by atoms with van der Waals surface area (Å²) in [5.41, 5.74) is 0. The second-order valence-electron chi connectivity index (χ2n) is 4.20. The van der Waals surface area contributed by atoms with E-state index in [1.807, 2.05) is 0 Å². The Kier molecular flexibility index (Phi) is 4.23. The Morgan fingerprint density at radius 3 is 2.79 bits per heavy atom. The van der Waals surface area contributed by atoms with E-state index in [0.717, 1.165) is 6.42 Å². The lowest BCUT2D eigenvalue weighted by Crippen LogP contribution is -2.38. The highest BCUT2D eigenvalue weighted by molar-refractivity contribution is 5.66. The van der Waals surface area contributed by atoms with Gasteiger partial charge in [0.1, 0.15) is 6.10 Å². The Hall–Kier alpha value is -0.730. The molecule has 82 valence electrons. The average Bonchev–Trinajstić information content (AvgIpc) is 2.20. The molecule has 1 amide bonds. The van der Waals surface area contributed by atoms with Gasteiger partial charge in [0, 0.05) is 7.05 Å². The van der Waals surface area contributed by atoms with Crippen molar-refractivity contribution >= 4 is 6.09 Å². The first-order valence-corrected chi connectivity index (χ1v) is 5.57. The normalized spacial score (nSPS) is 32.4. The van der Waals surface area contributed by atoms with E-state index < -0.39 is 0 Å². The molecule has 3 atom stereocenters. The van der Waals surface area contributed by atoms with Crippen molar-refractivity contribution in [3.8, 4) is 0 Å². The zero-order chi connectivity index (χ0) is 10.6. The van der Waals surface area contributed by atoms with Gasteiger partial charge in [-0.1, -0.05) is 20.3 Å². The van der Waals surface area contributed by atoms with Crippen LogP contribution < -0.4 is 5.32 Å². The van der Waals surface area contributed by atoms with Crippen molar-refractivity contribution in [2.75, 3.05) is 7.05 Å². The van der Waals surface area contributed by atoms with Crippen molar-refractivity contribution in [3.05, 3.63) is 0 Å². The fourth-order valence-corrected chi connectivity index (χ4v) is 2.33. The Labute approximate surface area is 86.2 Å². The average molecular weight is 199 g/mol. The van der Waals surface area contributed by atoms with E-state index in [9.17, 15) is 4.79 Å². The van der Waals surface area contributed by atoms with Gasteiger partial charge in [0.25, 0.3) is 0 Å². The lowest BCUT2D eigenvalue weighted by atomic mass is 9.78. The van der Waals surface area contributed by atoms with Crippen molar-refractivity contribution in [2.45, 2.75) is 45.6 Å². The maximum Gasteiger partial charge on any atom is 0.407 e. The first-order valence-electron chi connectivity index (χ1n) is 5.57. The minimum atomic E-state index is -0.290. The van der Waals surface area contributed by atoms with Gasteiger partial charge in [-0.15, -0.1) is 0 Å². The van der Waals surface area contributed by atoms with Gasteiger partial charge >= 0.3 is 6.09 Å². The minimum Gasteiger partial charge on any atom is -0.446 e. The van der Waals surface area contributed by atoms with Crippen molar-refractivity contribution < 1.29 is 9.53 Å². The van der Waals surface area contributed by atoms with Crippen LogP contribution in [0.4, 0.5) is 4.79 Å². The molecule has 0 radical (unpaired) electrons. The molecule has 0 spiro atoms. The summed E-state index contributed by atoms with van der Waals surface area (Å²) in [6, 6.07) is 0. The Morgan fingerprint density at radius 2 is 2.21 bits per heavy atom. The molecule has 0 bridgehead atoms. The van der Waals surface area contributed by atoms with Gasteiger partial charge in [0.15, 0.2) is 0 Å². The third-order valence-corrected chi connectivity index (χ3v) is 3.23. The maximum atomic E-state index is 11.2. The molecule has 3 unspecified atom stereocenters. The molecule has 0 aromatic rings. The van der Waals surface area contributed by atoms with Crippen molar-refractivity contribution in [1.82, 2.24) is 5.32 Å². The molecule has 0 aromatic heterocycles. The first-order chi connectivity index (χ1) is 6.69. The number of amides is 1. The summed E-state index contributed by atoms with van der Waals surface area (Å²) in [5, 5.41) is 2.52. The van der Waals surface area contributed by atoms with Gasteiger partial charge in [0.2, 0.25) is 0 Å². The number of carbonyl (C=O) groups excluding carboxylic acids is 1. The van der Waals surface area contributed by atoms with Crippen LogP contribution in [0.2, 0.25) is 0 Å². The topological polar surface area (TPSA) is 38.3 Å². The van der Waals surface area contributed by atoms with E-state index in [2.05, 4.69) is 19.2 Å². The SMILES string of the molecule is CCC1CCCC(C)C1OC(=O)NC. The van der Waals surface area contributed by atoms with Gasteiger partial charge in [-0.05, 0) is 31.1 Å². The molecular weight excluding hydrogens is 178 g/mol. The monoisotopic (exact) mass is 199 g/mol. The summed E-state index contributed by atoms with van der Waals surface area (Å²) in [6.45, 7) is 4.35. The largest absolute Gasteiger partial charge is 0.446 e. The quantitative estimate of drug-likeness (QED) is 0.742. The molecule has 1 N–H and O–H groups in total. The van der Waals surface area contributed by atoms with Crippen LogP contribution in [0, 0.1) is 11.8 Å². The van der Waals surface area contributed by atoms with E-state index in [4.69, 9.17) is 4.74 Å². The van der Waals surface area contributed by atoms with E-state index in [-0.39, 0.29) is 12.2 Å². The molecular formula is C11H21NO2. The summed E-state index contributed by atoms with van der Waals surface area (Å²) in [4.78, 5) is 11.2. The summed E-state index contributed by atoms with van der Waals surface area (Å²) in [7, 11) is 1.61. The van der Waals surface area contributed by atoms with E-state index in [0.29, 0.717) is 11.8 Å². The van der Waals surface area contributed by atoms with E-state index in [1.54, 1.807) is 7.05 Å². The van der Waals surface area contributed by atoms with Crippen molar-refractivity contribution in [3.63, 3.8) is 0 Å². The lowest BCUT2D eigenvalue weighted by Gasteiger charge is -2.35. The maximum absolute atomic E-state index is 11.2.